The molecule has 2 amide bonds. The third-order valence-electron chi connectivity index (χ3n) is 2.14. The van der Waals surface area contributed by atoms with Gasteiger partial charge in [-0.15, -0.1) is 0 Å². The highest BCUT2D eigenvalue weighted by molar-refractivity contribution is 6.19. The molecule has 2 rings (SSSR count). The van der Waals surface area contributed by atoms with Crippen molar-refractivity contribution in [1.29, 1.82) is 0 Å². The molecule has 1 aromatic carbocycles. The smallest absolute Gasteiger partial charge is 0.234 e. The van der Waals surface area contributed by atoms with Crippen LogP contribution in [-0.2, 0) is 9.59 Å². The van der Waals surface area contributed by atoms with Crippen LogP contribution in [0.15, 0.2) is 24.3 Å². The predicted octanol–water partition coefficient (Wildman–Crippen LogP) is 1.48. The number of benzene rings is 1. The van der Waals surface area contributed by atoms with Crippen LogP contribution in [0.2, 0.25) is 0 Å². The summed E-state index contributed by atoms with van der Waals surface area (Å²) in [4.78, 5) is 23.5. The normalized spacial score (nSPS) is 16.5. The van der Waals surface area contributed by atoms with Crippen LogP contribution in [0.1, 0.15) is 12.8 Å². The molecule has 1 saturated heterocycles. The van der Waals surface area contributed by atoms with Gasteiger partial charge in [0.05, 0.1) is 5.69 Å². The fraction of sp³-hybridized carbons (Fsp3) is 0.200. The second kappa shape index (κ2) is 3.21. The number of nitrogens with zero attached hydrogens (tertiary/aromatic N) is 1. The van der Waals surface area contributed by atoms with Crippen molar-refractivity contribution >= 4 is 17.5 Å². The maximum absolute atomic E-state index is 13.2. The average molecular weight is 193 g/mol. The molecular formula is C10H8FNO2. The van der Waals surface area contributed by atoms with Gasteiger partial charge in [-0.3, -0.25) is 9.59 Å². The lowest BCUT2D eigenvalue weighted by molar-refractivity contribution is -0.121. The first kappa shape index (κ1) is 8.87. The van der Waals surface area contributed by atoms with E-state index >= 15 is 0 Å². The lowest BCUT2D eigenvalue weighted by Crippen LogP contribution is -2.29. The van der Waals surface area contributed by atoms with Crippen LogP contribution in [0.5, 0.6) is 0 Å². The first-order chi connectivity index (χ1) is 6.70. The number of imide groups is 1. The number of hydrogen-bond acceptors (Lipinski definition) is 2. The van der Waals surface area contributed by atoms with Crippen LogP contribution in [0.4, 0.5) is 10.1 Å². The van der Waals surface area contributed by atoms with E-state index in [4.69, 9.17) is 0 Å². The molecule has 1 fully saturated rings. The molecule has 0 bridgehead atoms. The van der Waals surface area contributed by atoms with E-state index in [2.05, 4.69) is 0 Å². The number of anilines is 1. The Morgan fingerprint density at radius 1 is 1.07 bits per heavy atom. The van der Waals surface area contributed by atoms with Gasteiger partial charge >= 0.3 is 0 Å². The Morgan fingerprint density at radius 2 is 1.64 bits per heavy atom. The fourth-order valence-electron chi connectivity index (χ4n) is 1.48. The third kappa shape index (κ3) is 1.28. The van der Waals surface area contributed by atoms with Gasteiger partial charge in [0.15, 0.2) is 0 Å². The highest BCUT2D eigenvalue weighted by atomic mass is 19.1. The monoisotopic (exact) mass is 193 g/mol. The van der Waals surface area contributed by atoms with Gasteiger partial charge in [-0.2, -0.15) is 0 Å². The van der Waals surface area contributed by atoms with Gasteiger partial charge in [0.1, 0.15) is 5.82 Å². The Balaban J connectivity index is 2.44. The number of carbonyl (C=O) groups is 2. The van der Waals surface area contributed by atoms with Gasteiger partial charge in [0, 0.05) is 12.8 Å². The van der Waals surface area contributed by atoms with Gasteiger partial charge in [-0.25, -0.2) is 9.29 Å². The zero-order chi connectivity index (χ0) is 10.1. The van der Waals surface area contributed by atoms with Crippen molar-refractivity contribution in [3.05, 3.63) is 30.1 Å². The summed E-state index contributed by atoms with van der Waals surface area (Å²) in [5, 5.41) is 0. The van der Waals surface area contributed by atoms with Gasteiger partial charge in [0.25, 0.3) is 0 Å². The van der Waals surface area contributed by atoms with Gasteiger partial charge in [-0.1, -0.05) is 12.1 Å². The molecule has 0 atom stereocenters. The number of hydrogen-bond donors (Lipinski definition) is 0. The van der Waals surface area contributed by atoms with Crippen molar-refractivity contribution < 1.29 is 14.0 Å². The minimum Gasteiger partial charge on any atom is -0.274 e. The van der Waals surface area contributed by atoms with Crippen molar-refractivity contribution in [2.75, 3.05) is 4.90 Å². The molecule has 1 aromatic rings. The lowest BCUT2D eigenvalue weighted by atomic mass is 10.3. The minimum absolute atomic E-state index is 0.0556. The SMILES string of the molecule is O=C1CCC(=O)N1c1ccccc1F. The third-order valence-corrected chi connectivity index (χ3v) is 2.14. The summed E-state index contributed by atoms with van der Waals surface area (Å²) in [5.41, 5.74) is 0.0556. The molecule has 0 aromatic heterocycles. The Hall–Kier alpha value is -1.71. The predicted molar refractivity (Wildman–Crippen MR) is 48.1 cm³/mol. The summed E-state index contributed by atoms with van der Waals surface area (Å²) in [6, 6.07) is 5.77. The zero-order valence-electron chi connectivity index (χ0n) is 7.37. The first-order valence-electron chi connectivity index (χ1n) is 4.30. The highest BCUT2D eigenvalue weighted by Crippen LogP contribution is 2.24. The summed E-state index contributed by atoms with van der Waals surface area (Å²) in [5.74, 6) is -1.21. The van der Waals surface area contributed by atoms with Crippen LogP contribution < -0.4 is 4.90 Å². The maximum Gasteiger partial charge on any atom is 0.234 e. The zero-order valence-corrected chi connectivity index (χ0v) is 7.37. The Labute approximate surface area is 80.1 Å². The topological polar surface area (TPSA) is 37.4 Å². The molecular weight excluding hydrogens is 185 g/mol. The Morgan fingerprint density at radius 3 is 2.21 bits per heavy atom. The van der Waals surface area contributed by atoms with Crippen molar-refractivity contribution in [2.45, 2.75) is 12.8 Å². The van der Waals surface area contributed by atoms with Crippen molar-refractivity contribution in [3.63, 3.8) is 0 Å². The number of halogens is 1. The first-order valence-corrected chi connectivity index (χ1v) is 4.30. The molecule has 0 aliphatic carbocycles. The molecule has 0 N–H and O–H groups in total. The van der Waals surface area contributed by atoms with Crippen LogP contribution >= 0.6 is 0 Å². The summed E-state index contributed by atoms with van der Waals surface area (Å²) in [6.45, 7) is 0. The molecule has 4 heteroatoms. The van der Waals surface area contributed by atoms with E-state index in [0.29, 0.717) is 0 Å². The number of carbonyl (C=O) groups excluding carboxylic acids is 2. The lowest BCUT2D eigenvalue weighted by Gasteiger charge is -2.13. The van der Waals surface area contributed by atoms with E-state index in [1.807, 2.05) is 0 Å². The quantitative estimate of drug-likeness (QED) is 0.633. The van der Waals surface area contributed by atoms with Crippen molar-refractivity contribution in [2.24, 2.45) is 0 Å². The van der Waals surface area contributed by atoms with E-state index in [9.17, 15) is 14.0 Å². The largest absolute Gasteiger partial charge is 0.274 e. The molecule has 0 spiro atoms. The maximum atomic E-state index is 13.2. The Bertz CT molecular complexity index is 387. The van der Waals surface area contributed by atoms with Crippen LogP contribution in [-0.4, -0.2) is 11.8 Å². The molecule has 3 nitrogen and oxygen atoms in total. The molecule has 1 aliphatic heterocycles. The average Bonchev–Trinajstić information content (AvgIpc) is 2.48. The molecule has 1 heterocycles. The summed E-state index contributed by atoms with van der Waals surface area (Å²) >= 11 is 0. The number of rotatable bonds is 1. The molecule has 1 aliphatic rings. The number of para-hydroxylation sites is 1. The van der Waals surface area contributed by atoms with Gasteiger partial charge in [0.2, 0.25) is 11.8 Å². The molecule has 0 radical (unpaired) electrons. The van der Waals surface area contributed by atoms with E-state index in [0.717, 1.165) is 4.90 Å². The summed E-state index contributed by atoms with van der Waals surface area (Å²) < 4.78 is 13.2. The second-order valence-electron chi connectivity index (χ2n) is 3.07. The summed E-state index contributed by atoms with van der Waals surface area (Å²) in [7, 11) is 0. The van der Waals surface area contributed by atoms with E-state index in [-0.39, 0.29) is 30.3 Å². The van der Waals surface area contributed by atoms with E-state index < -0.39 is 5.82 Å². The van der Waals surface area contributed by atoms with Crippen molar-refractivity contribution in [3.8, 4) is 0 Å². The molecule has 72 valence electrons. The van der Waals surface area contributed by atoms with Gasteiger partial charge in [-0.05, 0) is 12.1 Å². The molecule has 0 saturated carbocycles. The van der Waals surface area contributed by atoms with Crippen LogP contribution in [0.25, 0.3) is 0 Å². The van der Waals surface area contributed by atoms with Crippen LogP contribution in [0, 0.1) is 5.82 Å². The van der Waals surface area contributed by atoms with Crippen molar-refractivity contribution in [1.82, 2.24) is 0 Å². The van der Waals surface area contributed by atoms with E-state index in [1.165, 1.54) is 18.2 Å². The van der Waals surface area contributed by atoms with E-state index in [1.54, 1.807) is 6.07 Å². The summed E-state index contributed by atoms with van der Waals surface area (Å²) in [6.07, 6.45) is 0.348. The van der Waals surface area contributed by atoms with Crippen LogP contribution in [0.3, 0.4) is 0 Å². The fourth-order valence-corrected chi connectivity index (χ4v) is 1.48. The number of amides is 2. The van der Waals surface area contributed by atoms with Gasteiger partial charge < -0.3 is 0 Å². The molecule has 0 unspecified atom stereocenters. The highest BCUT2D eigenvalue weighted by Gasteiger charge is 2.31. The molecule has 14 heavy (non-hydrogen) atoms. The second-order valence-corrected chi connectivity index (χ2v) is 3.07. The Kier molecular flexibility index (Phi) is 2.04. The standard InChI is InChI=1S/C10H8FNO2/c11-7-3-1-2-4-8(7)12-9(13)5-6-10(12)14/h1-4H,5-6H2. The minimum atomic E-state index is -0.545.